The number of esters is 1. The molecule has 200 valence electrons. The molecule has 2 aromatic rings. The van der Waals surface area contributed by atoms with Gasteiger partial charge in [-0.25, -0.2) is 4.79 Å². The molecule has 0 N–H and O–H groups in total. The fraction of sp³-hybridized carbons (Fsp3) is 0.516. The van der Waals surface area contributed by atoms with Crippen molar-refractivity contribution in [3.05, 3.63) is 54.1 Å². The van der Waals surface area contributed by atoms with E-state index in [-0.39, 0.29) is 11.8 Å². The van der Waals surface area contributed by atoms with Gasteiger partial charge in [0.25, 0.3) is 11.8 Å². The lowest BCUT2D eigenvalue weighted by Crippen LogP contribution is -2.40. The summed E-state index contributed by atoms with van der Waals surface area (Å²) in [6.07, 6.45) is 15.1. The van der Waals surface area contributed by atoms with Gasteiger partial charge in [-0.1, -0.05) is 77.0 Å². The first-order valence-electron chi connectivity index (χ1n) is 13.9. The highest BCUT2D eigenvalue weighted by Crippen LogP contribution is 2.36. The van der Waals surface area contributed by atoms with Gasteiger partial charge in [0.1, 0.15) is 0 Å². The molecule has 0 unspecified atom stereocenters. The predicted molar refractivity (Wildman–Crippen MR) is 152 cm³/mol. The fourth-order valence-corrected chi connectivity index (χ4v) is 5.88. The minimum absolute atomic E-state index is 0.220. The zero-order valence-corrected chi connectivity index (χ0v) is 23.1. The van der Waals surface area contributed by atoms with Crippen LogP contribution >= 0.6 is 11.8 Å². The highest BCUT2D eigenvalue weighted by Gasteiger charge is 2.32. The quantitative estimate of drug-likeness (QED) is 0.0652. The van der Waals surface area contributed by atoms with E-state index >= 15 is 0 Å². The first-order valence-corrected chi connectivity index (χ1v) is 14.9. The number of amides is 2. The van der Waals surface area contributed by atoms with Crippen LogP contribution in [0.25, 0.3) is 10.8 Å². The largest absolute Gasteiger partial charge is 0.463 e. The van der Waals surface area contributed by atoms with Gasteiger partial charge in [-0.15, -0.1) is 11.8 Å². The van der Waals surface area contributed by atoms with E-state index in [1.54, 1.807) is 0 Å². The van der Waals surface area contributed by atoms with Gasteiger partial charge in [0.15, 0.2) is 0 Å². The number of carbonyl (C=O) groups is 3. The number of carbonyl (C=O) groups excluding carboxylic acids is 3. The Morgan fingerprint density at radius 2 is 1.51 bits per heavy atom. The highest BCUT2D eigenvalue weighted by molar-refractivity contribution is 7.99. The van der Waals surface area contributed by atoms with Crippen molar-refractivity contribution in [2.24, 2.45) is 0 Å². The summed E-state index contributed by atoms with van der Waals surface area (Å²) in [6, 6.07) is 9.71. The molecule has 2 aromatic carbocycles. The third-order valence-corrected chi connectivity index (χ3v) is 8.05. The summed E-state index contributed by atoms with van der Waals surface area (Å²) in [6.45, 7) is 6.30. The fourth-order valence-electron chi connectivity index (χ4n) is 4.82. The van der Waals surface area contributed by atoms with E-state index in [9.17, 15) is 14.4 Å². The second-order valence-corrected chi connectivity index (χ2v) is 10.8. The van der Waals surface area contributed by atoms with Crippen molar-refractivity contribution in [1.29, 1.82) is 0 Å². The van der Waals surface area contributed by atoms with E-state index in [1.165, 1.54) is 62.7 Å². The summed E-state index contributed by atoms with van der Waals surface area (Å²) >= 11 is 1.83. The maximum Gasteiger partial charge on any atom is 0.330 e. The van der Waals surface area contributed by atoms with Crippen molar-refractivity contribution < 1.29 is 19.1 Å². The van der Waals surface area contributed by atoms with Crippen LogP contribution in [0.15, 0.2) is 47.9 Å². The van der Waals surface area contributed by atoms with Gasteiger partial charge in [0, 0.05) is 34.0 Å². The van der Waals surface area contributed by atoms with Crippen LogP contribution in [0.5, 0.6) is 0 Å². The van der Waals surface area contributed by atoms with Gasteiger partial charge >= 0.3 is 5.97 Å². The monoisotopic (exact) mass is 523 g/mol. The van der Waals surface area contributed by atoms with E-state index in [4.69, 9.17) is 4.74 Å². The summed E-state index contributed by atoms with van der Waals surface area (Å²) in [5.41, 5.74) is 1.22. The number of ether oxygens (including phenoxy) is 1. The summed E-state index contributed by atoms with van der Waals surface area (Å²) in [5.74, 6) is 0.172. The Morgan fingerprint density at radius 3 is 2.22 bits per heavy atom. The smallest absolute Gasteiger partial charge is 0.330 e. The van der Waals surface area contributed by atoms with Gasteiger partial charge < -0.3 is 4.74 Å². The SMILES string of the molecule is C=CC(=O)OCCCCCN1C(=O)c2cccc3c(SCCCCCCCCCCC)ccc(c23)C1=O. The van der Waals surface area contributed by atoms with Gasteiger partial charge in [0.05, 0.1) is 6.61 Å². The van der Waals surface area contributed by atoms with E-state index in [2.05, 4.69) is 13.5 Å². The van der Waals surface area contributed by atoms with Gasteiger partial charge in [-0.05, 0) is 55.0 Å². The van der Waals surface area contributed by atoms with E-state index < -0.39 is 5.97 Å². The third kappa shape index (κ3) is 8.19. The summed E-state index contributed by atoms with van der Waals surface area (Å²) in [4.78, 5) is 40.1. The number of thioether (sulfide) groups is 1. The maximum absolute atomic E-state index is 13.2. The Balaban J connectivity index is 1.52. The number of hydrogen-bond donors (Lipinski definition) is 0. The van der Waals surface area contributed by atoms with Crippen molar-refractivity contribution >= 4 is 40.3 Å². The lowest BCUT2D eigenvalue weighted by molar-refractivity contribution is -0.137. The predicted octanol–water partition coefficient (Wildman–Crippen LogP) is 7.96. The topological polar surface area (TPSA) is 63.7 Å². The Kier molecular flexibility index (Phi) is 12.2. The Morgan fingerprint density at radius 1 is 0.865 bits per heavy atom. The molecule has 0 radical (unpaired) electrons. The molecule has 1 aliphatic heterocycles. The van der Waals surface area contributed by atoms with Crippen LogP contribution in [-0.4, -0.2) is 41.6 Å². The van der Waals surface area contributed by atoms with Crippen LogP contribution in [0.2, 0.25) is 0 Å². The molecule has 0 fully saturated rings. The molecule has 0 aliphatic carbocycles. The summed E-state index contributed by atoms with van der Waals surface area (Å²) < 4.78 is 4.98. The average molecular weight is 524 g/mol. The second kappa shape index (κ2) is 15.6. The van der Waals surface area contributed by atoms with Crippen LogP contribution in [0.4, 0.5) is 0 Å². The van der Waals surface area contributed by atoms with Crippen molar-refractivity contribution in [3.63, 3.8) is 0 Å². The van der Waals surface area contributed by atoms with Crippen LogP contribution in [0.3, 0.4) is 0 Å². The molecule has 0 aromatic heterocycles. The molecular formula is C31H41NO4S. The van der Waals surface area contributed by atoms with Crippen molar-refractivity contribution in [2.45, 2.75) is 88.9 Å². The molecule has 37 heavy (non-hydrogen) atoms. The number of hydrogen-bond acceptors (Lipinski definition) is 5. The minimum Gasteiger partial charge on any atom is -0.463 e. The van der Waals surface area contributed by atoms with Gasteiger partial charge in [-0.2, -0.15) is 0 Å². The Hall–Kier alpha value is -2.60. The third-order valence-electron chi connectivity index (χ3n) is 6.89. The van der Waals surface area contributed by atoms with Crippen molar-refractivity contribution in [2.75, 3.05) is 18.9 Å². The van der Waals surface area contributed by atoms with Gasteiger partial charge in [-0.3, -0.25) is 14.5 Å². The number of nitrogens with zero attached hydrogens (tertiary/aromatic N) is 1. The van der Waals surface area contributed by atoms with Crippen LogP contribution in [0.1, 0.15) is 105 Å². The number of unbranched alkanes of at least 4 members (excludes halogenated alkanes) is 10. The number of rotatable bonds is 18. The van der Waals surface area contributed by atoms with Crippen LogP contribution in [-0.2, 0) is 9.53 Å². The molecule has 3 rings (SSSR count). The lowest BCUT2D eigenvalue weighted by Gasteiger charge is -2.27. The molecule has 5 nitrogen and oxygen atoms in total. The first-order chi connectivity index (χ1) is 18.1. The van der Waals surface area contributed by atoms with Crippen LogP contribution in [0, 0.1) is 0 Å². The van der Waals surface area contributed by atoms with E-state index in [0.29, 0.717) is 37.1 Å². The molecule has 1 aliphatic rings. The summed E-state index contributed by atoms with van der Waals surface area (Å²) in [7, 11) is 0. The maximum atomic E-state index is 13.2. The second-order valence-electron chi connectivity index (χ2n) is 9.71. The Labute approximate surface area is 226 Å². The Bertz CT molecular complexity index is 1060. The van der Waals surface area contributed by atoms with Crippen molar-refractivity contribution in [3.8, 4) is 0 Å². The number of imide groups is 1. The number of benzene rings is 2. The highest BCUT2D eigenvalue weighted by atomic mass is 32.2. The molecule has 0 saturated heterocycles. The van der Waals surface area contributed by atoms with Gasteiger partial charge in [0.2, 0.25) is 0 Å². The molecule has 1 heterocycles. The minimum atomic E-state index is -0.434. The zero-order chi connectivity index (χ0) is 26.5. The molecular weight excluding hydrogens is 482 g/mol. The van der Waals surface area contributed by atoms with E-state index in [1.807, 2.05) is 42.1 Å². The molecule has 6 heteroatoms. The van der Waals surface area contributed by atoms with E-state index in [0.717, 1.165) is 33.9 Å². The molecule has 2 amide bonds. The standard InChI is InChI=1S/C31H41NO4S/c1-3-5-6-7-8-9-10-11-15-23-37-27-20-19-26-29-24(27)17-16-18-25(29)30(34)32(31(26)35)21-13-12-14-22-36-28(33)4-2/h4,16-20H,2-3,5-15,21-23H2,1H3. The van der Waals surface area contributed by atoms with Crippen LogP contribution < -0.4 is 0 Å². The zero-order valence-electron chi connectivity index (χ0n) is 22.3. The molecule has 0 bridgehead atoms. The molecule has 0 spiro atoms. The molecule has 0 atom stereocenters. The summed E-state index contributed by atoms with van der Waals surface area (Å²) in [5, 5.41) is 1.79. The molecule has 0 saturated carbocycles. The lowest BCUT2D eigenvalue weighted by atomic mass is 9.94. The normalized spacial score (nSPS) is 12.8. The average Bonchev–Trinajstić information content (AvgIpc) is 2.91. The first kappa shape index (κ1) is 29.0. The van der Waals surface area contributed by atoms with Crippen molar-refractivity contribution in [1.82, 2.24) is 4.90 Å².